The predicted molar refractivity (Wildman–Crippen MR) is 93.1 cm³/mol. The first kappa shape index (κ1) is 17.3. The number of thiophene rings is 1. The first-order valence-corrected chi connectivity index (χ1v) is 8.67. The van der Waals surface area contributed by atoms with E-state index in [0.29, 0.717) is 24.0 Å². The summed E-state index contributed by atoms with van der Waals surface area (Å²) in [6.45, 7) is 6.63. The van der Waals surface area contributed by atoms with Gasteiger partial charge in [0.1, 0.15) is 0 Å². The van der Waals surface area contributed by atoms with Crippen LogP contribution in [0, 0.1) is 5.92 Å². The number of nitrogens with one attached hydrogen (secondary N) is 1. The normalized spacial score (nSPS) is 12.0. The predicted octanol–water partition coefficient (Wildman–Crippen LogP) is 4.04. The maximum absolute atomic E-state index is 12.2. The van der Waals surface area contributed by atoms with E-state index in [9.17, 15) is 4.79 Å². The number of benzene rings is 1. The second-order valence-corrected chi connectivity index (χ2v) is 6.45. The van der Waals surface area contributed by atoms with Gasteiger partial charge in [0, 0.05) is 4.88 Å². The lowest BCUT2D eigenvalue weighted by atomic mass is 10.0. The molecule has 5 heteroatoms. The van der Waals surface area contributed by atoms with Gasteiger partial charge < -0.3 is 14.8 Å². The minimum atomic E-state index is -0.136. The molecule has 0 aliphatic carbocycles. The van der Waals surface area contributed by atoms with Crippen LogP contribution in [0.5, 0.6) is 11.5 Å². The highest BCUT2D eigenvalue weighted by Gasteiger charge is 2.19. The average molecular weight is 333 g/mol. The number of hydrogen-bond acceptors (Lipinski definition) is 4. The second-order valence-electron chi connectivity index (χ2n) is 5.47. The summed E-state index contributed by atoms with van der Waals surface area (Å²) in [4.78, 5) is 13.4. The van der Waals surface area contributed by atoms with Crippen LogP contribution in [-0.2, 0) is 4.79 Å². The summed E-state index contributed by atoms with van der Waals surface area (Å²) in [5.74, 6) is 1.42. The van der Waals surface area contributed by atoms with E-state index in [2.05, 4.69) is 19.2 Å². The fourth-order valence-corrected chi connectivity index (χ4v) is 3.19. The van der Waals surface area contributed by atoms with Crippen LogP contribution in [0.4, 0.5) is 0 Å². The lowest BCUT2D eigenvalue weighted by molar-refractivity contribution is -0.124. The molecule has 4 nitrogen and oxygen atoms in total. The SMILES string of the molecule is CCOc1ccccc1OCC(=O)N[C@@H](c1cccs1)C(C)C. The smallest absolute Gasteiger partial charge is 0.258 e. The molecule has 0 aliphatic rings. The zero-order chi connectivity index (χ0) is 16.7. The van der Waals surface area contributed by atoms with Crippen molar-refractivity contribution in [2.24, 2.45) is 5.92 Å². The van der Waals surface area contributed by atoms with Gasteiger partial charge in [-0.3, -0.25) is 4.79 Å². The lowest BCUT2D eigenvalue weighted by Crippen LogP contribution is -2.34. The number of hydrogen-bond donors (Lipinski definition) is 1. The molecule has 1 heterocycles. The van der Waals surface area contributed by atoms with Crippen LogP contribution in [0.25, 0.3) is 0 Å². The molecular weight excluding hydrogens is 310 g/mol. The van der Waals surface area contributed by atoms with E-state index >= 15 is 0 Å². The van der Waals surface area contributed by atoms with Gasteiger partial charge in [-0.1, -0.05) is 32.0 Å². The first-order chi connectivity index (χ1) is 11.1. The van der Waals surface area contributed by atoms with Gasteiger partial charge in [0.2, 0.25) is 0 Å². The Labute approximate surface area is 141 Å². The van der Waals surface area contributed by atoms with E-state index in [1.165, 1.54) is 0 Å². The first-order valence-electron chi connectivity index (χ1n) is 7.79. The maximum Gasteiger partial charge on any atom is 0.258 e. The third-order valence-electron chi connectivity index (χ3n) is 3.34. The van der Waals surface area contributed by atoms with Crippen LogP contribution in [0.15, 0.2) is 41.8 Å². The van der Waals surface area contributed by atoms with Crippen LogP contribution in [-0.4, -0.2) is 19.1 Å². The summed E-state index contributed by atoms with van der Waals surface area (Å²) >= 11 is 1.65. The molecule has 124 valence electrons. The number of amides is 1. The molecule has 2 aromatic rings. The fourth-order valence-electron chi connectivity index (χ4n) is 2.24. The topological polar surface area (TPSA) is 47.6 Å². The Balaban J connectivity index is 1.94. The Kier molecular flexibility index (Phi) is 6.47. The Morgan fingerprint density at radius 1 is 1.13 bits per heavy atom. The van der Waals surface area contributed by atoms with Gasteiger partial charge in [-0.25, -0.2) is 0 Å². The number of rotatable bonds is 8. The van der Waals surface area contributed by atoms with Gasteiger partial charge in [-0.05, 0) is 36.4 Å². The number of carbonyl (C=O) groups excluding carboxylic acids is 1. The molecule has 1 aromatic carbocycles. The van der Waals surface area contributed by atoms with Crippen molar-refractivity contribution in [1.82, 2.24) is 5.32 Å². The average Bonchev–Trinajstić information content (AvgIpc) is 3.06. The van der Waals surface area contributed by atoms with Gasteiger partial charge in [-0.15, -0.1) is 11.3 Å². The molecule has 2 rings (SSSR count). The van der Waals surface area contributed by atoms with Crippen LogP contribution < -0.4 is 14.8 Å². The van der Waals surface area contributed by atoms with Crippen molar-refractivity contribution in [3.05, 3.63) is 46.7 Å². The molecule has 1 aromatic heterocycles. The van der Waals surface area contributed by atoms with Crippen molar-refractivity contribution >= 4 is 17.2 Å². The minimum absolute atomic E-state index is 0.00763. The second kappa shape index (κ2) is 8.58. The van der Waals surface area contributed by atoms with E-state index in [1.54, 1.807) is 17.4 Å². The van der Waals surface area contributed by atoms with Gasteiger partial charge in [0.25, 0.3) is 5.91 Å². The van der Waals surface area contributed by atoms with Crippen molar-refractivity contribution in [3.8, 4) is 11.5 Å². The molecule has 0 bridgehead atoms. The highest BCUT2D eigenvalue weighted by molar-refractivity contribution is 7.10. The highest BCUT2D eigenvalue weighted by atomic mass is 32.1. The molecule has 0 saturated heterocycles. The van der Waals surface area contributed by atoms with Gasteiger partial charge >= 0.3 is 0 Å². The molecule has 0 radical (unpaired) electrons. The van der Waals surface area contributed by atoms with E-state index in [0.717, 1.165) is 4.88 Å². The summed E-state index contributed by atoms with van der Waals surface area (Å²) in [5, 5.41) is 5.07. The van der Waals surface area contributed by atoms with Crippen LogP contribution >= 0.6 is 11.3 Å². The Hall–Kier alpha value is -2.01. The standard InChI is InChI=1S/C18H23NO3S/c1-4-21-14-8-5-6-9-15(14)22-12-17(20)19-18(13(2)3)16-10-7-11-23-16/h5-11,13,18H,4,12H2,1-3H3,(H,19,20)/t18-/m1/s1. The van der Waals surface area contributed by atoms with Gasteiger partial charge in [-0.2, -0.15) is 0 Å². The van der Waals surface area contributed by atoms with Gasteiger partial charge in [0.15, 0.2) is 18.1 Å². The van der Waals surface area contributed by atoms with E-state index in [4.69, 9.17) is 9.47 Å². The number of carbonyl (C=O) groups is 1. The third kappa shape index (κ3) is 4.99. The monoisotopic (exact) mass is 333 g/mol. The Morgan fingerprint density at radius 2 is 1.83 bits per heavy atom. The molecule has 0 aliphatic heterocycles. The zero-order valence-electron chi connectivity index (χ0n) is 13.7. The van der Waals surface area contributed by atoms with Crippen molar-refractivity contribution in [2.75, 3.05) is 13.2 Å². The van der Waals surface area contributed by atoms with Crippen LogP contribution in [0.1, 0.15) is 31.7 Å². The number of ether oxygens (including phenoxy) is 2. The van der Waals surface area contributed by atoms with E-state index in [1.807, 2.05) is 42.6 Å². The molecule has 0 fully saturated rings. The van der Waals surface area contributed by atoms with Crippen molar-refractivity contribution in [2.45, 2.75) is 26.8 Å². The lowest BCUT2D eigenvalue weighted by Gasteiger charge is -2.21. The quantitative estimate of drug-likeness (QED) is 0.793. The number of para-hydroxylation sites is 2. The van der Waals surface area contributed by atoms with Crippen molar-refractivity contribution < 1.29 is 14.3 Å². The summed E-state index contributed by atoms with van der Waals surface area (Å²) < 4.78 is 11.1. The molecule has 0 unspecified atom stereocenters. The summed E-state index contributed by atoms with van der Waals surface area (Å²) in [6, 6.07) is 11.4. The van der Waals surface area contributed by atoms with Crippen LogP contribution in [0.3, 0.4) is 0 Å². The largest absolute Gasteiger partial charge is 0.490 e. The summed E-state index contributed by atoms with van der Waals surface area (Å²) in [6.07, 6.45) is 0. The molecule has 1 atom stereocenters. The fraction of sp³-hybridized carbons (Fsp3) is 0.389. The molecule has 0 saturated carbocycles. The van der Waals surface area contributed by atoms with Crippen molar-refractivity contribution in [1.29, 1.82) is 0 Å². The minimum Gasteiger partial charge on any atom is -0.490 e. The molecule has 1 N–H and O–H groups in total. The van der Waals surface area contributed by atoms with Crippen LogP contribution in [0.2, 0.25) is 0 Å². The van der Waals surface area contributed by atoms with Crippen molar-refractivity contribution in [3.63, 3.8) is 0 Å². The highest BCUT2D eigenvalue weighted by Crippen LogP contribution is 2.27. The van der Waals surface area contributed by atoms with E-state index < -0.39 is 0 Å². The third-order valence-corrected chi connectivity index (χ3v) is 4.30. The Morgan fingerprint density at radius 3 is 2.39 bits per heavy atom. The molecular formula is C18H23NO3S. The molecule has 1 amide bonds. The Bertz CT molecular complexity index is 610. The zero-order valence-corrected chi connectivity index (χ0v) is 14.6. The summed E-state index contributed by atoms with van der Waals surface area (Å²) in [7, 11) is 0. The molecule has 23 heavy (non-hydrogen) atoms. The van der Waals surface area contributed by atoms with E-state index in [-0.39, 0.29) is 18.6 Å². The summed E-state index contributed by atoms with van der Waals surface area (Å²) in [5.41, 5.74) is 0. The maximum atomic E-state index is 12.2. The van der Waals surface area contributed by atoms with Gasteiger partial charge in [0.05, 0.1) is 12.6 Å². The molecule has 0 spiro atoms.